The van der Waals surface area contributed by atoms with Gasteiger partial charge in [0.15, 0.2) is 0 Å². The summed E-state index contributed by atoms with van der Waals surface area (Å²) >= 11 is 0. The van der Waals surface area contributed by atoms with Crippen molar-refractivity contribution in [3.63, 3.8) is 0 Å². The van der Waals surface area contributed by atoms with E-state index in [1.165, 1.54) is 25.0 Å². The van der Waals surface area contributed by atoms with Crippen molar-refractivity contribution in [1.82, 2.24) is 4.90 Å². The Morgan fingerprint density at radius 1 is 1.00 bits per heavy atom. The van der Waals surface area contributed by atoms with E-state index in [-0.39, 0.29) is 5.82 Å². The topological polar surface area (TPSA) is 32.7 Å². The van der Waals surface area contributed by atoms with Crippen molar-refractivity contribution in [3.8, 4) is 11.1 Å². The Morgan fingerprint density at radius 2 is 1.67 bits per heavy atom. The standard InChI is InChI=1S/C20H22FNO2/c21-18-10-6-16(7-11-18)15-4-8-17(9-5-15)20(23)14-22-12-2-1-3-19(22)13-24-20/h4-11,19,23H,1-3,12-14H2. The number of fused-ring (bicyclic) bond motifs is 1. The zero-order chi connectivity index (χ0) is 16.6. The van der Waals surface area contributed by atoms with E-state index in [9.17, 15) is 9.50 Å². The number of aliphatic hydroxyl groups is 1. The van der Waals surface area contributed by atoms with Crippen LogP contribution in [0.4, 0.5) is 4.39 Å². The predicted octanol–water partition coefficient (Wildman–Crippen LogP) is 3.52. The van der Waals surface area contributed by atoms with E-state index in [1.807, 2.05) is 24.3 Å². The van der Waals surface area contributed by atoms with E-state index in [0.717, 1.165) is 29.7 Å². The fraction of sp³-hybridized carbons (Fsp3) is 0.400. The van der Waals surface area contributed by atoms with Gasteiger partial charge in [-0.05, 0) is 42.6 Å². The zero-order valence-electron chi connectivity index (χ0n) is 13.6. The zero-order valence-corrected chi connectivity index (χ0v) is 13.6. The number of halogens is 1. The molecule has 2 aromatic carbocycles. The molecule has 2 fully saturated rings. The van der Waals surface area contributed by atoms with Gasteiger partial charge in [0, 0.05) is 11.6 Å². The molecule has 2 aromatic rings. The van der Waals surface area contributed by atoms with E-state index >= 15 is 0 Å². The highest BCUT2D eigenvalue weighted by atomic mass is 19.1. The fourth-order valence-corrected chi connectivity index (χ4v) is 3.75. The molecule has 24 heavy (non-hydrogen) atoms. The molecule has 126 valence electrons. The van der Waals surface area contributed by atoms with Crippen LogP contribution in [0, 0.1) is 5.82 Å². The van der Waals surface area contributed by atoms with Crippen LogP contribution in [0.1, 0.15) is 24.8 Å². The Morgan fingerprint density at radius 3 is 2.38 bits per heavy atom. The molecule has 0 saturated carbocycles. The Balaban J connectivity index is 1.54. The van der Waals surface area contributed by atoms with E-state index in [1.54, 1.807) is 12.1 Å². The molecule has 2 aliphatic rings. The van der Waals surface area contributed by atoms with Crippen LogP contribution < -0.4 is 0 Å². The number of benzene rings is 2. The Hall–Kier alpha value is -1.75. The summed E-state index contributed by atoms with van der Waals surface area (Å²) in [6.45, 7) is 2.13. The molecule has 4 heteroatoms. The van der Waals surface area contributed by atoms with Crippen molar-refractivity contribution in [2.75, 3.05) is 19.7 Å². The Labute approximate surface area is 141 Å². The van der Waals surface area contributed by atoms with Gasteiger partial charge in [-0.3, -0.25) is 4.90 Å². The molecular formula is C20H22FNO2. The van der Waals surface area contributed by atoms with Crippen LogP contribution in [-0.2, 0) is 10.5 Å². The van der Waals surface area contributed by atoms with Gasteiger partial charge in [0.25, 0.3) is 0 Å². The lowest BCUT2D eigenvalue weighted by molar-refractivity contribution is -0.264. The number of piperidine rings is 1. The van der Waals surface area contributed by atoms with Crippen LogP contribution in [0.25, 0.3) is 11.1 Å². The molecule has 2 saturated heterocycles. The number of morpholine rings is 1. The molecule has 2 heterocycles. The summed E-state index contributed by atoms with van der Waals surface area (Å²) in [6.07, 6.45) is 3.59. The quantitative estimate of drug-likeness (QED) is 0.916. The summed E-state index contributed by atoms with van der Waals surface area (Å²) in [5.41, 5.74) is 2.72. The summed E-state index contributed by atoms with van der Waals surface area (Å²) in [5.74, 6) is -1.48. The Bertz CT molecular complexity index is 701. The largest absolute Gasteiger partial charge is 0.361 e. The number of hydrogen-bond donors (Lipinski definition) is 1. The highest BCUT2D eigenvalue weighted by molar-refractivity contribution is 5.63. The van der Waals surface area contributed by atoms with Gasteiger partial charge in [-0.2, -0.15) is 0 Å². The summed E-state index contributed by atoms with van der Waals surface area (Å²) in [5, 5.41) is 11.0. The molecule has 2 unspecified atom stereocenters. The lowest BCUT2D eigenvalue weighted by Crippen LogP contribution is -2.56. The first-order valence-corrected chi connectivity index (χ1v) is 8.61. The van der Waals surface area contributed by atoms with Crippen LogP contribution in [0.15, 0.2) is 48.5 Å². The van der Waals surface area contributed by atoms with Gasteiger partial charge in [0.2, 0.25) is 5.79 Å². The number of ether oxygens (including phenoxy) is 1. The first-order chi connectivity index (χ1) is 11.6. The molecule has 2 aliphatic heterocycles. The van der Waals surface area contributed by atoms with E-state index < -0.39 is 5.79 Å². The number of rotatable bonds is 2. The van der Waals surface area contributed by atoms with Crippen LogP contribution in [0.5, 0.6) is 0 Å². The minimum Gasteiger partial charge on any atom is -0.361 e. The molecule has 2 atom stereocenters. The molecule has 1 N–H and O–H groups in total. The van der Waals surface area contributed by atoms with Crippen LogP contribution >= 0.6 is 0 Å². The van der Waals surface area contributed by atoms with Crippen molar-refractivity contribution in [3.05, 3.63) is 59.9 Å². The second kappa shape index (κ2) is 6.28. The highest BCUT2D eigenvalue weighted by Crippen LogP contribution is 2.33. The summed E-state index contributed by atoms with van der Waals surface area (Å²) in [7, 11) is 0. The third kappa shape index (κ3) is 2.97. The lowest BCUT2D eigenvalue weighted by atomic mass is 9.95. The van der Waals surface area contributed by atoms with Crippen LogP contribution in [0.3, 0.4) is 0 Å². The molecule has 0 aromatic heterocycles. The third-order valence-electron chi connectivity index (χ3n) is 5.19. The maximum absolute atomic E-state index is 13.0. The average Bonchev–Trinajstić information content (AvgIpc) is 2.62. The molecule has 4 rings (SSSR count). The van der Waals surface area contributed by atoms with Gasteiger partial charge in [-0.1, -0.05) is 42.8 Å². The second-order valence-corrected chi connectivity index (χ2v) is 6.80. The average molecular weight is 327 g/mol. The van der Waals surface area contributed by atoms with Crippen molar-refractivity contribution < 1.29 is 14.2 Å². The van der Waals surface area contributed by atoms with Gasteiger partial charge in [-0.15, -0.1) is 0 Å². The van der Waals surface area contributed by atoms with E-state index in [0.29, 0.717) is 19.2 Å². The lowest BCUT2D eigenvalue weighted by Gasteiger charge is -2.46. The van der Waals surface area contributed by atoms with Crippen molar-refractivity contribution in [2.45, 2.75) is 31.1 Å². The Kier molecular flexibility index (Phi) is 4.12. The second-order valence-electron chi connectivity index (χ2n) is 6.80. The van der Waals surface area contributed by atoms with Gasteiger partial charge in [0.05, 0.1) is 13.2 Å². The van der Waals surface area contributed by atoms with Crippen LogP contribution in [0.2, 0.25) is 0 Å². The van der Waals surface area contributed by atoms with E-state index in [4.69, 9.17) is 4.74 Å². The number of nitrogens with zero attached hydrogens (tertiary/aromatic N) is 1. The smallest absolute Gasteiger partial charge is 0.205 e. The van der Waals surface area contributed by atoms with Crippen molar-refractivity contribution in [2.24, 2.45) is 0 Å². The maximum atomic E-state index is 13.0. The normalized spacial score (nSPS) is 27.7. The number of hydrogen-bond acceptors (Lipinski definition) is 3. The molecular weight excluding hydrogens is 305 g/mol. The highest BCUT2D eigenvalue weighted by Gasteiger charge is 2.41. The van der Waals surface area contributed by atoms with Gasteiger partial charge < -0.3 is 9.84 Å². The molecule has 0 aliphatic carbocycles. The van der Waals surface area contributed by atoms with Crippen molar-refractivity contribution >= 4 is 0 Å². The molecule has 0 radical (unpaired) electrons. The summed E-state index contributed by atoms with van der Waals surface area (Å²) < 4.78 is 18.9. The van der Waals surface area contributed by atoms with Gasteiger partial charge in [0.1, 0.15) is 5.82 Å². The monoisotopic (exact) mass is 327 g/mol. The first-order valence-electron chi connectivity index (χ1n) is 8.61. The third-order valence-corrected chi connectivity index (χ3v) is 5.19. The van der Waals surface area contributed by atoms with Gasteiger partial charge >= 0.3 is 0 Å². The van der Waals surface area contributed by atoms with E-state index in [2.05, 4.69) is 4.90 Å². The molecule has 0 spiro atoms. The summed E-state index contributed by atoms with van der Waals surface area (Å²) in [6, 6.07) is 14.6. The minimum atomic E-state index is -1.24. The van der Waals surface area contributed by atoms with Crippen molar-refractivity contribution in [1.29, 1.82) is 0 Å². The molecule has 3 nitrogen and oxygen atoms in total. The maximum Gasteiger partial charge on any atom is 0.205 e. The fourth-order valence-electron chi connectivity index (χ4n) is 3.75. The van der Waals surface area contributed by atoms with Gasteiger partial charge in [-0.25, -0.2) is 4.39 Å². The predicted molar refractivity (Wildman–Crippen MR) is 90.9 cm³/mol. The minimum absolute atomic E-state index is 0.239. The molecule has 0 amide bonds. The summed E-state index contributed by atoms with van der Waals surface area (Å²) in [4.78, 5) is 2.35. The first kappa shape index (κ1) is 15.8. The molecule has 0 bridgehead atoms. The SMILES string of the molecule is OC1(c2ccc(-c3ccc(F)cc3)cc2)CN2CCCCC2CO1. The van der Waals surface area contributed by atoms with Crippen LogP contribution in [-0.4, -0.2) is 35.7 Å².